The minimum absolute atomic E-state index is 0.197. The van der Waals surface area contributed by atoms with Crippen molar-refractivity contribution in [3.63, 3.8) is 0 Å². The van der Waals surface area contributed by atoms with Crippen LogP contribution in [-0.2, 0) is 6.54 Å². The SMILES string of the molecule is Cc1cccc(CN2CC3CNCCN3C2=O)c1. The number of hydrogen-bond acceptors (Lipinski definition) is 2. The van der Waals surface area contributed by atoms with Crippen LogP contribution < -0.4 is 5.32 Å². The summed E-state index contributed by atoms with van der Waals surface area (Å²) in [5.41, 5.74) is 2.47. The molecule has 1 aromatic rings. The van der Waals surface area contributed by atoms with E-state index in [0.29, 0.717) is 6.04 Å². The second kappa shape index (κ2) is 4.61. The fourth-order valence-corrected chi connectivity index (χ4v) is 2.85. The molecule has 18 heavy (non-hydrogen) atoms. The Labute approximate surface area is 108 Å². The average Bonchev–Trinajstić information content (AvgIpc) is 2.67. The topological polar surface area (TPSA) is 35.6 Å². The van der Waals surface area contributed by atoms with Crippen LogP contribution in [0.3, 0.4) is 0 Å². The fourth-order valence-electron chi connectivity index (χ4n) is 2.85. The third-order valence-electron chi connectivity index (χ3n) is 3.75. The van der Waals surface area contributed by atoms with Gasteiger partial charge in [0.15, 0.2) is 0 Å². The van der Waals surface area contributed by atoms with Crippen molar-refractivity contribution in [1.29, 1.82) is 0 Å². The van der Waals surface area contributed by atoms with Crippen molar-refractivity contribution >= 4 is 6.03 Å². The summed E-state index contributed by atoms with van der Waals surface area (Å²) in [5.74, 6) is 0. The predicted octanol–water partition coefficient (Wildman–Crippen LogP) is 1.20. The highest BCUT2D eigenvalue weighted by Crippen LogP contribution is 2.20. The number of amides is 2. The molecule has 4 nitrogen and oxygen atoms in total. The van der Waals surface area contributed by atoms with Crippen LogP contribution in [0.1, 0.15) is 11.1 Å². The van der Waals surface area contributed by atoms with E-state index in [2.05, 4.69) is 36.5 Å². The predicted molar refractivity (Wildman–Crippen MR) is 70.3 cm³/mol. The van der Waals surface area contributed by atoms with E-state index in [1.165, 1.54) is 11.1 Å². The highest BCUT2D eigenvalue weighted by atomic mass is 16.2. The molecule has 2 aliphatic rings. The highest BCUT2D eigenvalue weighted by Gasteiger charge is 2.38. The van der Waals surface area contributed by atoms with E-state index in [4.69, 9.17) is 0 Å². The Balaban J connectivity index is 1.72. The molecule has 2 saturated heterocycles. The number of hydrogen-bond donors (Lipinski definition) is 1. The molecule has 1 N–H and O–H groups in total. The minimum Gasteiger partial charge on any atom is -0.318 e. The first-order valence-electron chi connectivity index (χ1n) is 6.56. The summed E-state index contributed by atoms with van der Waals surface area (Å²) in [6.45, 7) is 6.35. The van der Waals surface area contributed by atoms with Crippen molar-refractivity contribution in [3.05, 3.63) is 35.4 Å². The molecule has 3 rings (SSSR count). The molecular weight excluding hydrogens is 226 g/mol. The van der Waals surface area contributed by atoms with Crippen molar-refractivity contribution < 1.29 is 4.79 Å². The molecular formula is C14H19N3O. The van der Waals surface area contributed by atoms with Gasteiger partial charge in [-0.1, -0.05) is 29.8 Å². The molecule has 0 saturated carbocycles. The van der Waals surface area contributed by atoms with Crippen LogP contribution >= 0.6 is 0 Å². The summed E-state index contributed by atoms with van der Waals surface area (Å²) in [6, 6.07) is 8.94. The van der Waals surface area contributed by atoms with Crippen LogP contribution in [0.4, 0.5) is 4.79 Å². The molecule has 96 valence electrons. The van der Waals surface area contributed by atoms with Crippen LogP contribution in [0.5, 0.6) is 0 Å². The second-order valence-corrected chi connectivity index (χ2v) is 5.20. The van der Waals surface area contributed by atoms with Gasteiger partial charge in [-0.2, -0.15) is 0 Å². The highest BCUT2D eigenvalue weighted by molar-refractivity contribution is 5.77. The van der Waals surface area contributed by atoms with Gasteiger partial charge in [-0.25, -0.2) is 4.79 Å². The molecule has 0 aromatic heterocycles. The standard InChI is InChI=1S/C14H19N3O/c1-11-3-2-4-12(7-11)9-16-10-13-8-15-5-6-17(13)14(16)18/h2-4,7,13,15H,5-6,8-10H2,1H3. The van der Waals surface area contributed by atoms with E-state index in [9.17, 15) is 4.79 Å². The van der Waals surface area contributed by atoms with E-state index in [1.54, 1.807) is 0 Å². The molecule has 2 aliphatic heterocycles. The van der Waals surface area contributed by atoms with Crippen molar-refractivity contribution in [2.75, 3.05) is 26.2 Å². The molecule has 0 spiro atoms. The summed E-state index contributed by atoms with van der Waals surface area (Å²) >= 11 is 0. The van der Waals surface area contributed by atoms with Gasteiger partial charge in [0, 0.05) is 32.7 Å². The first-order valence-corrected chi connectivity index (χ1v) is 6.56. The number of urea groups is 1. The van der Waals surface area contributed by atoms with E-state index >= 15 is 0 Å². The Morgan fingerprint density at radius 2 is 2.33 bits per heavy atom. The number of fused-ring (bicyclic) bond motifs is 1. The summed E-state index contributed by atoms with van der Waals surface area (Å²) in [7, 11) is 0. The Kier molecular flexibility index (Phi) is 2.96. The van der Waals surface area contributed by atoms with Crippen LogP contribution in [0.15, 0.2) is 24.3 Å². The normalized spacial score (nSPS) is 23.4. The average molecular weight is 245 g/mol. The fraction of sp³-hybridized carbons (Fsp3) is 0.500. The zero-order chi connectivity index (χ0) is 12.5. The zero-order valence-corrected chi connectivity index (χ0v) is 10.7. The van der Waals surface area contributed by atoms with Crippen LogP contribution in [0.2, 0.25) is 0 Å². The largest absolute Gasteiger partial charge is 0.320 e. The molecule has 0 aliphatic carbocycles. The second-order valence-electron chi connectivity index (χ2n) is 5.20. The molecule has 0 radical (unpaired) electrons. The number of benzene rings is 1. The number of rotatable bonds is 2. The van der Waals surface area contributed by atoms with Crippen molar-refractivity contribution in [1.82, 2.24) is 15.1 Å². The Bertz CT molecular complexity index is 460. The molecule has 1 atom stereocenters. The van der Waals surface area contributed by atoms with Gasteiger partial charge < -0.3 is 15.1 Å². The first-order chi connectivity index (χ1) is 8.74. The van der Waals surface area contributed by atoms with Gasteiger partial charge >= 0.3 is 6.03 Å². The van der Waals surface area contributed by atoms with Crippen LogP contribution in [0, 0.1) is 6.92 Å². The Morgan fingerprint density at radius 1 is 1.44 bits per heavy atom. The van der Waals surface area contributed by atoms with E-state index in [0.717, 1.165) is 32.7 Å². The third kappa shape index (κ3) is 2.08. The lowest BCUT2D eigenvalue weighted by molar-refractivity contribution is 0.178. The van der Waals surface area contributed by atoms with Gasteiger partial charge in [0.1, 0.15) is 0 Å². The molecule has 2 amide bonds. The number of carbonyl (C=O) groups is 1. The van der Waals surface area contributed by atoms with E-state index in [1.807, 2.05) is 9.80 Å². The van der Waals surface area contributed by atoms with Crippen LogP contribution in [0.25, 0.3) is 0 Å². The lowest BCUT2D eigenvalue weighted by Gasteiger charge is -2.28. The van der Waals surface area contributed by atoms with Gasteiger partial charge in [-0.15, -0.1) is 0 Å². The zero-order valence-electron chi connectivity index (χ0n) is 10.7. The van der Waals surface area contributed by atoms with Crippen molar-refractivity contribution in [2.45, 2.75) is 19.5 Å². The number of nitrogens with zero attached hydrogens (tertiary/aromatic N) is 2. The van der Waals surface area contributed by atoms with E-state index < -0.39 is 0 Å². The number of aryl methyl sites for hydroxylation is 1. The Hall–Kier alpha value is -1.55. The quantitative estimate of drug-likeness (QED) is 0.850. The van der Waals surface area contributed by atoms with Crippen molar-refractivity contribution in [3.8, 4) is 0 Å². The summed E-state index contributed by atoms with van der Waals surface area (Å²) < 4.78 is 0. The van der Waals surface area contributed by atoms with Gasteiger partial charge in [-0.3, -0.25) is 0 Å². The van der Waals surface area contributed by atoms with Gasteiger partial charge in [0.2, 0.25) is 0 Å². The minimum atomic E-state index is 0.197. The first kappa shape index (κ1) is 11.5. The maximum atomic E-state index is 12.3. The Morgan fingerprint density at radius 3 is 3.11 bits per heavy atom. The maximum absolute atomic E-state index is 12.3. The van der Waals surface area contributed by atoms with Gasteiger partial charge in [0.25, 0.3) is 0 Å². The lowest BCUT2D eigenvalue weighted by Crippen LogP contribution is -2.49. The number of piperazine rings is 1. The van der Waals surface area contributed by atoms with Gasteiger partial charge in [0.05, 0.1) is 6.04 Å². The number of carbonyl (C=O) groups excluding carboxylic acids is 1. The van der Waals surface area contributed by atoms with Crippen LogP contribution in [-0.4, -0.2) is 48.1 Å². The number of nitrogens with one attached hydrogen (secondary N) is 1. The molecule has 2 heterocycles. The lowest BCUT2D eigenvalue weighted by atomic mass is 10.1. The monoisotopic (exact) mass is 245 g/mol. The summed E-state index contributed by atoms with van der Waals surface area (Å²) in [6.07, 6.45) is 0. The maximum Gasteiger partial charge on any atom is 0.320 e. The third-order valence-corrected chi connectivity index (χ3v) is 3.75. The molecule has 1 aromatic carbocycles. The molecule has 4 heteroatoms. The summed E-state index contributed by atoms with van der Waals surface area (Å²) in [4.78, 5) is 16.2. The van der Waals surface area contributed by atoms with E-state index in [-0.39, 0.29) is 6.03 Å². The molecule has 0 bridgehead atoms. The van der Waals surface area contributed by atoms with Gasteiger partial charge in [-0.05, 0) is 12.5 Å². The molecule has 1 unspecified atom stereocenters. The smallest absolute Gasteiger partial charge is 0.318 e. The van der Waals surface area contributed by atoms with Crippen molar-refractivity contribution in [2.24, 2.45) is 0 Å². The summed E-state index contributed by atoms with van der Waals surface area (Å²) in [5, 5.41) is 3.35. The molecule has 2 fully saturated rings.